The number of rotatable bonds is 12. The van der Waals surface area contributed by atoms with Crippen LogP contribution in [0.1, 0.15) is 24.8 Å². The number of aromatic amines is 1. The molecule has 3 rings (SSSR count). The third-order valence-electron chi connectivity index (χ3n) is 5.94. The zero-order valence-corrected chi connectivity index (χ0v) is 20.3. The van der Waals surface area contributed by atoms with Crippen LogP contribution in [0.25, 0.3) is 10.9 Å². The van der Waals surface area contributed by atoms with E-state index in [1.807, 2.05) is 24.3 Å². The summed E-state index contributed by atoms with van der Waals surface area (Å²) in [5, 5.41) is 20.7. The van der Waals surface area contributed by atoms with Crippen LogP contribution in [0, 0.1) is 0 Å². The number of fused-ring (bicyclic) bond motifs is 1. The van der Waals surface area contributed by atoms with Gasteiger partial charge in [-0.25, -0.2) is 4.79 Å². The van der Waals surface area contributed by atoms with Gasteiger partial charge in [0, 0.05) is 29.3 Å². The lowest BCUT2D eigenvalue weighted by Gasteiger charge is -2.24. The second kappa shape index (κ2) is 12.4. The second-order valence-electron chi connectivity index (χ2n) is 8.59. The van der Waals surface area contributed by atoms with Gasteiger partial charge in [0.2, 0.25) is 23.6 Å². The number of primary amides is 1. The first-order valence-corrected chi connectivity index (χ1v) is 12.1. The zero-order chi connectivity index (χ0) is 26.2. The molecule has 1 aromatic carbocycles. The first-order chi connectivity index (χ1) is 17.2. The Hall–Kier alpha value is -3.58. The van der Waals surface area contributed by atoms with Crippen molar-refractivity contribution in [1.82, 2.24) is 26.3 Å². The lowest BCUT2D eigenvalue weighted by molar-refractivity contribution is -0.143. The molecule has 13 heteroatoms. The van der Waals surface area contributed by atoms with Crippen LogP contribution in [0.4, 0.5) is 0 Å². The lowest BCUT2D eigenvalue weighted by atomic mass is 10.0. The number of amides is 4. The van der Waals surface area contributed by atoms with Gasteiger partial charge in [-0.15, -0.1) is 0 Å². The first-order valence-electron chi connectivity index (χ1n) is 11.5. The minimum Gasteiger partial charge on any atom is -0.480 e. The van der Waals surface area contributed by atoms with Crippen molar-refractivity contribution in [3.8, 4) is 0 Å². The maximum atomic E-state index is 13.3. The summed E-state index contributed by atoms with van der Waals surface area (Å²) in [6.45, 7) is 0.704. The van der Waals surface area contributed by atoms with Crippen molar-refractivity contribution in [3.63, 3.8) is 0 Å². The van der Waals surface area contributed by atoms with Crippen LogP contribution in [0.5, 0.6) is 0 Å². The quantitative estimate of drug-likeness (QED) is 0.162. The topological polar surface area (TPSA) is 196 Å². The number of carboxylic acid groups (broad SMARTS) is 1. The summed E-state index contributed by atoms with van der Waals surface area (Å²) in [5.74, 6) is -4.31. The summed E-state index contributed by atoms with van der Waals surface area (Å²) in [4.78, 5) is 64.3. The van der Waals surface area contributed by atoms with Gasteiger partial charge in [0.15, 0.2) is 0 Å². The van der Waals surface area contributed by atoms with Gasteiger partial charge in [-0.2, -0.15) is 12.6 Å². The van der Waals surface area contributed by atoms with Gasteiger partial charge in [0.05, 0.1) is 12.5 Å². The van der Waals surface area contributed by atoms with Gasteiger partial charge in [0.1, 0.15) is 18.1 Å². The fraction of sp³-hybridized carbons (Fsp3) is 0.435. The van der Waals surface area contributed by atoms with Gasteiger partial charge in [0.25, 0.3) is 0 Å². The molecule has 4 amide bonds. The van der Waals surface area contributed by atoms with Crippen LogP contribution in [-0.2, 0) is 30.4 Å². The van der Waals surface area contributed by atoms with Crippen molar-refractivity contribution in [2.75, 3.05) is 12.3 Å². The molecular weight excluding hydrogens is 488 g/mol. The van der Waals surface area contributed by atoms with E-state index in [2.05, 4.69) is 38.9 Å². The molecular formula is C23H30N6O6S. The highest BCUT2D eigenvalue weighted by atomic mass is 32.1. The van der Waals surface area contributed by atoms with Crippen molar-refractivity contribution >= 4 is 53.1 Å². The van der Waals surface area contributed by atoms with Crippen LogP contribution in [0.3, 0.4) is 0 Å². The molecule has 194 valence electrons. The second-order valence-corrected chi connectivity index (χ2v) is 8.95. The van der Waals surface area contributed by atoms with E-state index in [9.17, 15) is 29.1 Å². The maximum Gasteiger partial charge on any atom is 0.326 e. The number of hydrogen-bond acceptors (Lipinski definition) is 7. The molecule has 8 N–H and O–H groups in total. The van der Waals surface area contributed by atoms with E-state index in [1.54, 1.807) is 6.20 Å². The van der Waals surface area contributed by atoms with Gasteiger partial charge in [-0.05, 0) is 31.0 Å². The fourth-order valence-corrected chi connectivity index (χ4v) is 4.31. The minimum atomic E-state index is -1.55. The minimum absolute atomic E-state index is 0.147. The van der Waals surface area contributed by atoms with Crippen molar-refractivity contribution < 1.29 is 29.1 Å². The van der Waals surface area contributed by atoms with Gasteiger partial charge in [-0.1, -0.05) is 18.2 Å². The highest BCUT2D eigenvalue weighted by Crippen LogP contribution is 2.19. The summed E-state index contributed by atoms with van der Waals surface area (Å²) in [6.07, 6.45) is 2.78. The number of aromatic nitrogens is 1. The fourth-order valence-electron chi connectivity index (χ4n) is 4.05. The third kappa shape index (κ3) is 6.98. The molecule has 12 nitrogen and oxygen atoms in total. The van der Waals surface area contributed by atoms with Gasteiger partial charge in [-0.3, -0.25) is 19.2 Å². The van der Waals surface area contributed by atoms with E-state index >= 15 is 0 Å². The summed E-state index contributed by atoms with van der Waals surface area (Å²) >= 11 is 4.10. The Morgan fingerprint density at radius 2 is 1.75 bits per heavy atom. The molecule has 2 heterocycles. The number of aliphatic carboxylic acids is 1. The summed E-state index contributed by atoms with van der Waals surface area (Å²) in [7, 11) is 0. The predicted octanol–water partition coefficient (Wildman–Crippen LogP) is -1.19. The Morgan fingerprint density at radius 3 is 2.39 bits per heavy atom. The third-order valence-corrected chi connectivity index (χ3v) is 6.31. The lowest BCUT2D eigenvalue weighted by Crippen LogP contribution is -2.58. The standard InChI is InChI=1S/C23H30N6O6S/c24-19(30)9-17(23(34)35)28-22(33)18(11-36)29-21(32)16(27-20(31)15-6-3-7-25-15)8-12-10-26-14-5-2-1-4-13(12)14/h1-2,4-5,10,15-18,25-26,36H,3,6-9,11H2,(H2,24,30)(H,27,31)(H,28,33)(H,29,32)(H,34,35). The number of hydrogen-bond donors (Lipinski definition) is 8. The number of carboxylic acids is 1. The van der Waals surface area contributed by atoms with Crippen LogP contribution >= 0.6 is 12.6 Å². The summed E-state index contributed by atoms with van der Waals surface area (Å²) in [6, 6.07) is 3.31. The highest BCUT2D eigenvalue weighted by Gasteiger charge is 2.32. The molecule has 1 aliphatic heterocycles. The van der Waals surface area contributed by atoms with Crippen molar-refractivity contribution in [2.24, 2.45) is 5.73 Å². The van der Waals surface area contributed by atoms with Gasteiger partial charge < -0.3 is 37.1 Å². The molecule has 0 saturated carbocycles. The van der Waals surface area contributed by atoms with Crippen molar-refractivity contribution in [1.29, 1.82) is 0 Å². The smallest absolute Gasteiger partial charge is 0.326 e. The monoisotopic (exact) mass is 518 g/mol. The number of carbonyl (C=O) groups is 5. The summed E-state index contributed by atoms with van der Waals surface area (Å²) < 4.78 is 0. The van der Waals surface area contributed by atoms with Crippen LogP contribution in [0.2, 0.25) is 0 Å². The SMILES string of the molecule is NC(=O)CC(NC(=O)C(CS)NC(=O)C(Cc1c[nH]c2ccccc12)NC(=O)C1CCCN1)C(=O)O. The van der Waals surface area contributed by atoms with Crippen LogP contribution < -0.4 is 27.0 Å². The largest absolute Gasteiger partial charge is 0.480 e. The molecule has 1 aromatic heterocycles. The molecule has 36 heavy (non-hydrogen) atoms. The number of thiol groups is 1. The van der Waals surface area contributed by atoms with E-state index in [1.165, 1.54) is 0 Å². The van der Waals surface area contributed by atoms with Crippen molar-refractivity contribution in [2.45, 2.75) is 49.9 Å². The number of benzene rings is 1. The van der Waals surface area contributed by atoms with Gasteiger partial charge >= 0.3 is 5.97 Å². The van der Waals surface area contributed by atoms with E-state index in [-0.39, 0.29) is 18.1 Å². The number of nitrogens with two attached hydrogens (primary N) is 1. The maximum absolute atomic E-state index is 13.3. The van der Waals surface area contributed by atoms with Crippen LogP contribution in [-0.4, -0.2) is 76.2 Å². The molecule has 0 spiro atoms. The highest BCUT2D eigenvalue weighted by molar-refractivity contribution is 7.80. The molecule has 1 saturated heterocycles. The molecule has 2 aromatic rings. The van der Waals surface area contributed by atoms with Crippen LogP contribution in [0.15, 0.2) is 30.5 Å². The average Bonchev–Trinajstić information content (AvgIpc) is 3.52. The molecule has 0 radical (unpaired) electrons. The Morgan fingerprint density at radius 1 is 1.06 bits per heavy atom. The normalized spacial score (nSPS) is 17.6. The van der Waals surface area contributed by atoms with E-state index < -0.39 is 54.3 Å². The number of carbonyl (C=O) groups excluding carboxylic acids is 4. The summed E-state index contributed by atoms with van der Waals surface area (Å²) in [5.41, 5.74) is 6.72. The Bertz CT molecular complexity index is 1130. The van der Waals surface area contributed by atoms with E-state index in [0.717, 1.165) is 22.9 Å². The molecule has 1 aliphatic rings. The van der Waals surface area contributed by atoms with Crippen molar-refractivity contribution in [3.05, 3.63) is 36.0 Å². The molecule has 4 unspecified atom stereocenters. The Balaban J connectivity index is 1.76. The zero-order valence-electron chi connectivity index (χ0n) is 19.5. The van der Waals surface area contributed by atoms with E-state index in [4.69, 9.17) is 5.73 Å². The number of nitrogens with one attached hydrogen (secondary N) is 5. The Kier molecular flexibility index (Phi) is 9.31. The van der Waals surface area contributed by atoms with E-state index in [0.29, 0.717) is 13.0 Å². The molecule has 0 aliphatic carbocycles. The Labute approximate surface area is 212 Å². The molecule has 4 atom stereocenters. The molecule has 1 fully saturated rings. The number of H-pyrrole nitrogens is 1. The first kappa shape index (κ1) is 27.0. The predicted molar refractivity (Wildman–Crippen MR) is 134 cm³/mol. The molecule has 0 bridgehead atoms. The average molecular weight is 519 g/mol. The number of para-hydroxylation sites is 1.